The third-order valence-corrected chi connectivity index (χ3v) is 4.67. The molecule has 0 N–H and O–H groups in total. The van der Waals surface area contributed by atoms with E-state index >= 15 is 0 Å². The Hall–Kier alpha value is -2.06. The largest absolute Gasteiger partial charge is 0.321 e. The molecule has 3 heteroatoms. The van der Waals surface area contributed by atoms with Crippen molar-refractivity contribution in [3.63, 3.8) is 0 Å². The first kappa shape index (κ1) is 15.8. The summed E-state index contributed by atoms with van der Waals surface area (Å²) < 4.78 is 0. The van der Waals surface area contributed by atoms with Gasteiger partial charge in [-0.3, -0.25) is 9.69 Å². The molecule has 1 fully saturated rings. The van der Waals surface area contributed by atoms with E-state index in [0.29, 0.717) is 0 Å². The summed E-state index contributed by atoms with van der Waals surface area (Å²) >= 11 is 5.94. The number of nitrogens with zero attached hydrogens (tertiary/aromatic N) is 1. The van der Waals surface area contributed by atoms with Gasteiger partial charge in [0.05, 0.1) is 5.69 Å². The van der Waals surface area contributed by atoms with Crippen LogP contribution in [-0.4, -0.2) is 11.4 Å². The van der Waals surface area contributed by atoms with Crippen LogP contribution in [0.2, 0.25) is 0 Å². The molecule has 1 amide bonds. The van der Waals surface area contributed by atoms with Gasteiger partial charge in [-0.15, -0.1) is 0 Å². The molecule has 0 radical (unpaired) electrons. The van der Waals surface area contributed by atoms with Crippen LogP contribution in [0.25, 0.3) is 5.57 Å². The normalized spacial score (nSPS) is 14.7. The van der Waals surface area contributed by atoms with Gasteiger partial charge in [0.25, 0.3) is 0 Å². The summed E-state index contributed by atoms with van der Waals surface area (Å²) in [4.78, 5) is 13.9. The van der Waals surface area contributed by atoms with Crippen molar-refractivity contribution < 1.29 is 4.79 Å². The van der Waals surface area contributed by atoms with Crippen LogP contribution >= 0.6 is 11.6 Å². The van der Waals surface area contributed by atoms with Crippen molar-refractivity contribution in [1.29, 1.82) is 0 Å². The molecular formula is C20H20ClNO. The highest BCUT2D eigenvalue weighted by Gasteiger charge is 2.28. The van der Waals surface area contributed by atoms with E-state index in [0.717, 1.165) is 48.1 Å². The number of benzene rings is 2. The lowest BCUT2D eigenvalue weighted by atomic mass is 9.97. The summed E-state index contributed by atoms with van der Waals surface area (Å²) in [6.07, 6.45) is 4.30. The Morgan fingerprint density at radius 1 is 1.00 bits per heavy atom. The molecule has 1 saturated carbocycles. The number of anilines is 1. The average molecular weight is 326 g/mol. The summed E-state index contributed by atoms with van der Waals surface area (Å²) in [5.41, 5.74) is 3.77. The van der Waals surface area contributed by atoms with Crippen LogP contribution in [0, 0.1) is 0 Å². The Bertz CT molecular complexity index is 705. The zero-order valence-corrected chi connectivity index (χ0v) is 13.8. The molecule has 0 unspecified atom stereocenters. The maximum absolute atomic E-state index is 12.1. The van der Waals surface area contributed by atoms with E-state index in [9.17, 15) is 4.79 Å². The highest BCUT2D eigenvalue weighted by Crippen LogP contribution is 2.35. The lowest BCUT2D eigenvalue weighted by molar-refractivity contribution is 0.262. The smallest absolute Gasteiger partial charge is 0.295 e. The SMILES string of the molecule is C=C(c1ccccc1)c1ccccc1N(C(=O)Cl)C1CCCC1. The Morgan fingerprint density at radius 3 is 2.26 bits per heavy atom. The van der Waals surface area contributed by atoms with Gasteiger partial charge >= 0.3 is 5.37 Å². The molecule has 0 heterocycles. The Kier molecular flexibility index (Phi) is 4.82. The second kappa shape index (κ2) is 7.01. The summed E-state index contributed by atoms with van der Waals surface area (Å²) in [7, 11) is 0. The third kappa shape index (κ3) is 3.32. The molecule has 118 valence electrons. The second-order valence-electron chi connectivity index (χ2n) is 5.92. The molecule has 0 saturated heterocycles. The second-order valence-corrected chi connectivity index (χ2v) is 6.25. The monoisotopic (exact) mass is 325 g/mol. The topological polar surface area (TPSA) is 20.3 Å². The predicted molar refractivity (Wildman–Crippen MR) is 97.0 cm³/mol. The first-order chi connectivity index (χ1) is 11.2. The maximum atomic E-state index is 12.1. The average Bonchev–Trinajstić information content (AvgIpc) is 3.09. The third-order valence-electron chi connectivity index (χ3n) is 4.49. The molecule has 0 aliphatic heterocycles. The zero-order valence-electron chi connectivity index (χ0n) is 13.0. The van der Waals surface area contributed by atoms with E-state index in [1.165, 1.54) is 0 Å². The number of para-hydroxylation sites is 1. The van der Waals surface area contributed by atoms with Crippen molar-refractivity contribution >= 4 is 28.2 Å². The van der Waals surface area contributed by atoms with Crippen molar-refractivity contribution in [3.05, 3.63) is 72.3 Å². The van der Waals surface area contributed by atoms with Gasteiger partial charge in [-0.2, -0.15) is 0 Å². The number of halogens is 1. The van der Waals surface area contributed by atoms with Crippen LogP contribution in [0.1, 0.15) is 36.8 Å². The molecule has 0 spiro atoms. The lowest BCUT2D eigenvalue weighted by Gasteiger charge is -2.29. The molecule has 3 rings (SSSR count). The zero-order chi connectivity index (χ0) is 16.2. The van der Waals surface area contributed by atoms with E-state index in [1.807, 2.05) is 54.6 Å². The minimum Gasteiger partial charge on any atom is -0.295 e. The van der Waals surface area contributed by atoms with Crippen molar-refractivity contribution in [3.8, 4) is 0 Å². The van der Waals surface area contributed by atoms with Gasteiger partial charge in [0.15, 0.2) is 0 Å². The molecule has 0 bridgehead atoms. The summed E-state index contributed by atoms with van der Waals surface area (Å²) in [5.74, 6) is 0. The van der Waals surface area contributed by atoms with E-state index in [-0.39, 0.29) is 6.04 Å². The van der Waals surface area contributed by atoms with Crippen LogP contribution in [-0.2, 0) is 0 Å². The van der Waals surface area contributed by atoms with Crippen LogP contribution in [0.5, 0.6) is 0 Å². The summed E-state index contributed by atoms with van der Waals surface area (Å²) in [6, 6.07) is 18.1. The molecule has 2 nitrogen and oxygen atoms in total. The number of amides is 1. The Labute approximate surface area is 142 Å². The fourth-order valence-corrected chi connectivity index (χ4v) is 3.56. The van der Waals surface area contributed by atoms with Crippen LogP contribution in [0.15, 0.2) is 61.2 Å². The molecule has 2 aromatic rings. The molecular weight excluding hydrogens is 306 g/mol. The Balaban J connectivity index is 2.02. The summed E-state index contributed by atoms with van der Waals surface area (Å²) in [6.45, 7) is 4.24. The molecule has 2 aromatic carbocycles. The van der Waals surface area contributed by atoms with Gasteiger partial charge in [0.2, 0.25) is 0 Å². The molecule has 0 atom stereocenters. The van der Waals surface area contributed by atoms with E-state index in [2.05, 4.69) is 6.58 Å². The fraction of sp³-hybridized carbons (Fsp3) is 0.250. The van der Waals surface area contributed by atoms with Gasteiger partial charge < -0.3 is 0 Å². The Morgan fingerprint density at radius 2 is 1.61 bits per heavy atom. The molecule has 0 aromatic heterocycles. The van der Waals surface area contributed by atoms with Gasteiger partial charge in [-0.1, -0.05) is 68.0 Å². The van der Waals surface area contributed by atoms with Crippen molar-refractivity contribution in [1.82, 2.24) is 0 Å². The number of hydrogen-bond donors (Lipinski definition) is 0. The van der Waals surface area contributed by atoms with Crippen molar-refractivity contribution in [2.45, 2.75) is 31.7 Å². The van der Waals surface area contributed by atoms with Crippen molar-refractivity contribution in [2.24, 2.45) is 0 Å². The van der Waals surface area contributed by atoms with Crippen LogP contribution in [0.3, 0.4) is 0 Å². The summed E-state index contributed by atoms with van der Waals surface area (Å²) in [5, 5.41) is -0.412. The number of carbonyl (C=O) groups excluding carboxylic acids is 1. The lowest BCUT2D eigenvalue weighted by Crippen LogP contribution is -2.36. The molecule has 23 heavy (non-hydrogen) atoms. The molecule has 1 aliphatic rings. The minimum absolute atomic E-state index is 0.185. The van der Waals surface area contributed by atoms with Crippen LogP contribution in [0.4, 0.5) is 10.5 Å². The number of hydrogen-bond acceptors (Lipinski definition) is 1. The number of rotatable bonds is 4. The first-order valence-electron chi connectivity index (χ1n) is 8.01. The maximum Gasteiger partial charge on any atom is 0.321 e. The highest BCUT2D eigenvalue weighted by molar-refractivity contribution is 6.66. The number of carbonyl (C=O) groups is 1. The first-order valence-corrected chi connectivity index (χ1v) is 8.38. The van der Waals surface area contributed by atoms with Crippen molar-refractivity contribution in [2.75, 3.05) is 4.90 Å². The van der Waals surface area contributed by atoms with E-state index in [4.69, 9.17) is 11.6 Å². The quantitative estimate of drug-likeness (QED) is 0.509. The predicted octanol–water partition coefficient (Wildman–Crippen LogP) is 5.86. The van der Waals surface area contributed by atoms with Gasteiger partial charge in [-0.25, -0.2) is 0 Å². The fourth-order valence-electron chi connectivity index (χ4n) is 3.33. The van der Waals surface area contributed by atoms with E-state index in [1.54, 1.807) is 4.90 Å². The van der Waals surface area contributed by atoms with Gasteiger partial charge in [0.1, 0.15) is 0 Å². The van der Waals surface area contributed by atoms with Gasteiger partial charge in [-0.05, 0) is 41.6 Å². The standard InChI is InChI=1S/C20H20ClNO/c1-15(16-9-3-2-4-10-16)18-13-7-8-14-19(18)22(20(21)23)17-11-5-6-12-17/h2-4,7-10,13-14,17H,1,5-6,11-12H2. The minimum atomic E-state index is -0.412. The van der Waals surface area contributed by atoms with Gasteiger partial charge in [0, 0.05) is 11.6 Å². The van der Waals surface area contributed by atoms with Crippen LogP contribution < -0.4 is 4.90 Å². The highest BCUT2D eigenvalue weighted by atomic mass is 35.5. The molecule has 1 aliphatic carbocycles. The van der Waals surface area contributed by atoms with E-state index < -0.39 is 5.37 Å².